The van der Waals surface area contributed by atoms with E-state index in [1.165, 1.54) is 22.0 Å². The summed E-state index contributed by atoms with van der Waals surface area (Å²) in [6.07, 6.45) is 8.60. The van der Waals surface area contributed by atoms with Crippen LogP contribution in [0.25, 0.3) is 5.69 Å². The first-order valence-corrected chi connectivity index (χ1v) is 7.79. The highest BCUT2D eigenvalue weighted by Gasteiger charge is 2.19. The van der Waals surface area contributed by atoms with Crippen LogP contribution in [-0.2, 0) is 11.3 Å². The fourth-order valence-corrected chi connectivity index (χ4v) is 2.92. The van der Waals surface area contributed by atoms with Gasteiger partial charge in [0, 0.05) is 18.5 Å². The predicted octanol–water partition coefficient (Wildman–Crippen LogP) is 2.17. The molecule has 0 spiro atoms. The van der Waals surface area contributed by atoms with Gasteiger partial charge in [0.1, 0.15) is 6.29 Å². The van der Waals surface area contributed by atoms with E-state index in [1.54, 1.807) is 31.6 Å². The number of imidazole rings is 1. The Morgan fingerprint density at radius 2 is 2.00 bits per heavy atom. The normalized spacial score (nSPS) is 14.8. The van der Waals surface area contributed by atoms with Gasteiger partial charge in [-0.25, -0.2) is 4.79 Å². The molecule has 6 heteroatoms. The van der Waals surface area contributed by atoms with E-state index < -0.39 is 0 Å². The number of aldehydes is 1. The fraction of sp³-hybridized carbons (Fsp3) is 0.412. The number of methoxy groups -OCH3 is 1. The molecule has 1 heterocycles. The van der Waals surface area contributed by atoms with Crippen molar-refractivity contribution < 1.29 is 14.3 Å². The number of ether oxygens (including phenoxy) is 2. The predicted molar refractivity (Wildman–Crippen MR) is 85.5 cm³/mol. The molecule has 0 bridgehead atoms. The van der Waals surface area contributed by atoms with Crippen LogP contribution in [0.2, 0.25) is 0 Å². The molecule has 1 aromatic heterocycles. The molecule has 0 amide bonds. The lowest BCUT2D eigenvalue weighted by Crippen LogP contribution is -2.23. The van der Waals surface area contributed by atoms with Gasteiger partial charge in [0.25, 0.3) is 0 Å². The summed E-state index contributed by atoms with van der Waals surface area (Å²) in [6, 6.07) is 5.40. The number of carbonyl (C=O) groups is 1. The minimum Gasteiger partial charge on any atom is -0.493 e. The molecule has 1 saturated carbocycles. The Kier molecular flexibility index (Phi) is 4.50. The molecule has 1 aliphatic carbocycles. The van der Waals surface area contributed by atoms with Crippen molar-refractivity contribution in [3.05, 3.63) is 41.1 Å². The lowest BCUT2D eigenvalue weighted by atomic mass is 10.2. The molecule has 1 aliphatic rings. The van der Waals surface area contributed by atoms with Gasteiger partial charge in [0.05, 0.1) is 25.4 Å². The van der Waals surface area contributed by atoms with Crippen molar-refractivity contribution in [2.45, 2.75) is 38.3 Å². The molecule has 3 rings (SSSR count). The quantitative estimate of drug-likeness (QED) is 0.766. The lowest BCUT2D eigenvalue weighted by molar-refractivity contribution is -0.108. The molecule has 1 aromatic carbocycles. The summed E-state index contributed by atoms with van der Waals surface area (Å²) >= 11 is 0. The molecule has 0 unspecified atom stereocenters. The van der Waals surface area contributed by atoms with E-state index in [2.05, 4.69) is 0 Å². The first-order chi connectivity index (χ1) is 11.2. The van der Waals surface area contributed by atoms with Crippen molar-refractivity contribution in [1.82, 2.24) is 9.13 Å². The van der Waals surface area contributed by atoms with Crippen LogP contribution < -0.4 is 15.2 Å². The zero-order chi connectivity index (χ0) is 16.2. The Balaban J connectivity index is 1.93. The molecule has 0 N–H and O–H groups in total. The third-order valence-corrected chi connectivity index (χ3v) is 4.14. The summed E-state index contributed by atoms with van der Waals surface area (Å²) in [5, 5.41) is 0. The second-order valence-corrected chi connectivity index (χ2v) is 5.63. The topological polar surface area (TPSA) is 62.5 Å². The van der Waals surface area contributed by atoms with E-state index in [0.717, 1.165) is 12.8 Å². The van der Waals surface area contributed by atoms with Gasteiger partial charge in [-0.2, -0.15) is 0 Å². The summed E-state index contributed by atoms with van der Waals surface area (Å²) in [5.74, 6) is 1.30. The molecular weight excluding hydrogens is 296 g/mol. The Morgan fingerprint density at radius 1 is 1.22 bits per heavy atom. The van der Waals surface area contributed by atoms with Gasteiger partial charge in [-0.1, -0.05) is 0 Å². The van der Waals surface area contributed by atoms with E-state index in [1.807, 2.05) is 6.07 Å². The SMILES string of the molecule is COc1ccc(-n2ccn(CC=O)c2=O)cc1OC1CCCC1. The summed E-state index contributed by atoms with van der Waals surface area (Å²) in [4.78, 5) is 22.9. The minimum absolute atomic E-state index is 0.0490. The Bertz CT molecular complexity index is 741. The fourth-order valence-electron chi connectivity index (χ4n) is 2.92. The number of aromatic nitrogens is 2. The minimum atomic E-state index is -0.255. The van der Waals surface area contributed by atoms with Crippen LogP contribution in [0, 0.1) is 0 Å². The van der Waals surface area contributed by atoms with Gasteiger partial charge >= 0.3 is 5.69 Å². The van der Waals surface area contributed by atoms with Gasteiger partial charge in [-0.3, -0.25) is 9.13 Å². The second-order valence-electron chi connectivity index (χ2n) is 5.63. The van der Waals surface area contributed by atoms with E-state index in [-0.39, 0.29) is 18.3 Å². The van der Waals surface area contributed by atoms with Gasteiger partial charge < -0.3 is 14.3 Å². The Labute approximate surface area is 134 Å². The van der Waals surface area contributed by atoms with Crippen molar-refractivity contribution in [2.24, 2.45) is 0 Å². The van der Waals surface area contributed by atoms with Crippen LogP contribution >= 0.6 is 0 Å². The van der Waals surface area contributed by atoms with Crippen LogP contribution in [0.5, 0.6) is 11.5 Å². The third kappa shape index (κ3) is 3.16. The summed E-state index contributed by atoms with van der Waals surface area (Å²) in [7, 11) is 1.60. The average molecular weight is 316 g/mol. The van der Waals surface area contributed by atoms with Gasteiger partial charge in [-0.05, 0) is 37.8 Å². The highest BCUT2D eigenvalue weighted by Crippen LogP contribution is 2.33. The molecule has 0 saturated heterocycles. The highest BCUT2D eigenvalue weighted by molar-refractivity contribution is 5.50. The number of carbonyl (C=O) groups excluding carboxylic acids is 1. The standard InChI is InChI=1S/C17H20N2O4/c1-22-15-7-6-13(12-16(15)23-14-4-2-3-5-14)19-9-8-18(10-11-20)17(19)21/h6-9,11-12,14H,2-5,10H2,1H3. The third-order valence-electron chi connectivity index (χ3n) is 4.14. The number of hydrogen-bond acceptors (Lipinski definition) is 4. The molecule has 122 valence electrons. The second kappa shape index (κ2) is 6.73. The van der Waals surface area contributed by atoms with Crippen molar-refractivity contribution in [2.75, 3.05) is 7.11 Å². The molecule has 23 heavy (non-hydrogen) atoms. The lowest BCUT2D eigenvalue weighted by Gasteiger charge is -2.17. The Hall–Kier alpha value is -2.50. The van der Waals surface area contributed by atoms with Crippen LogP contribution in [0.4, 0.5) is 0 Å². The summed E-state index contributed by atoms with van der Waals surface area (Å²) in [6.45, 7) is 0.0490. The first-order valence-electron chi connectivity index (χ1n) is 7.79. The zero-order valence-corrected chi connectivity index (χ0v) is 13.1. The van der Waals surface area contributed by atoms with Gasteiger partial charge in [0.15, 0.2) is 11.5 Å². The maximum atomic E-state index is 12.3. The summed E-state index contributed by atoms with van der Waals surface area (Å²) in [5.41, 5.74) is 0.433. The van der Waals surface area contributed by atoms with Crippen LogP contribution in [0.15, 0.2) is 35.4 Å². The van der Waals surface area contributed by atoms with E-state index in [4.69, 9.17) is 9.47 Å². The van der Waals surface area contributed by atoms with Crippen molar-refractivity contribution in [3.63, 3.8) is 0 Å². The van der Waals surface area contributed by atoms with E-state index in [9.17, 15) is 9.59 Å². The first kappa shape index (κ1) is 15.4. The summed E-state index contributed by atoms with van der Waals surface area (Å²) < 4.78 is 14.3. The van der Waals surface area contributed by atoms with Gasteiger partial charge in [-0.15, -0.1) is 0 Å². The van der Waals surface area contributed by atoms with Crippen molar-refractivity contribution in [1.29, 1.82) is 0 Å². The number of nitrogens with zero attached hydrogens (tertiary/aromatic N) is 2. The van der Waals surface area contributed by atoms with Crippen LogP contribution in [0.1, 0.15) is 25.7 Å². The number of hydrogen-bond donors (Lipinski definition) is 0. The smallest absolute Gasteiger partial charge is 0.333 e. The van der Waals surface area contributed by atoms with Crippen LogP contribution in [0.3, 0.4) is 0 Å². The molecule has 1 fully saturated rings. The maximum absolute atomic E-state index is 12.3. The molecule has 2 aromatic rings. The molecular formula is C17H20N2O4. The van der Waals surface area contributed by atoms with Crippen molar-refractivity contribution >= 4 is 6.29 Å². The maximum Gasteiger partial charge on any atom is 0.333 e. The highest BCUT2D eigenvalue weighted by atomic mass is 16.5. The molecule has 6 nitrogen and oxygen atoms in total. The van der Waals surface area contributed by atoms with E-state index >= 15 is 0 Å². The Morgan fingerprint density at radius 3 is 2.70 bits per heavy atom. The number of benzene rings is 1. The zero-order valence-electron chi connectivity index (χ0n) is 13.1. The average Bonchev–Trinajstić information content (AvgIpc) is 3.19. The number of rotatable bonds is 6. The monoisotopic (exact) mass is 316 g/mol. The largest absolute Gasteiger partial charge is 0.493 e. The molecule has 0 radical (unpaired) electrons. The van der Waals surface area contributed by atoms with E-state index in [0.29, 0.717) is 23.5 Å². The molecule has 0 atom stereocenters. The van der Waals surface area contributed by atoms with Crippen molar-refractivity contribution in [3.8, 4) is 17.2 Å². The molecule has 0 aliphatic heterocycles. The van der Waals surface area contributed by atoms with Crippen LogP contribution in [-0.4, -0.2) is 28.6 Å². The van der Waals surface area contributed by atoms with Gasteiger partial charge in [0.2, 0.25) is 0 Å².